The average molecular weight is 236 g/mol. The Hall–Kier alpha value is 0.0700. The Kier molecular flexibility index (Phi) is 3.48. The van der Waals surface area contributed by atoms with Gasteiger partial charge in [0.1, 0.15) is 0 Å². The summed E-state index contributed by atoms with van der Waals surface area (Å²) < 4.78 is 0.866. The maximum atomic E-state index is 8.91. The third-order valence-corrected chi connectivity index (χ3v) is 2.92. The van der Waals surface area contributed by atoms with Gasteiger partial charge in [0.05, 0.1) is 17.2 Å². The largest absolute Gasteiger partial charge is 0.391 e. The molecule has 1 aromatic heterocycles. The van der Waals surface area contributed by atoms with Gasteiger partial charge in [-0.1, -0.05) is 13.3 Å². The van der Waals surface area contributed by atoms with Crippen LogP contribution in [-0.4, -0.2) is 10.1 Å². The second-order valence-electron chi connectivity index (χ2n) is 2.24. The summed E-state index contributed by atoms with van der Waals surface area (Å²) in [6.45, 7) is 2.22. The molecule has 0 saturated heterocycles. The summed E-state index contributed by atoms with van der Waals surface area (Å²) in [5.41, 5.74) is 1.03. The van der Waals surface area contributed by atoms with Gasteiger partial charge in [-0.25, -0.2) is 4.98 Å². The van der Waals surface area contributed by atoms with Crippen molar-refractivity contribution in [3.8, 4) is 0 Å². The first-order valence-electron chi connectivity index (χ1n) is 3.52. The molecule has 0 aliphatic rings. The number of hydrogen-bond donors (Lipinski definition) is 1. The fraction of sp³-hybridized carbons (Fsp3) is 0.571. The van der Waals surface area contributed by atoms with E-state index in [1.807, 2.05) is 0 Å². The summed E-state index contributed by atoms with van der Waals surface area (Å²) in [5.74, 6) is 0. The zero-order valence-corrected chi connectivity index (χ0v) is 8.70. The van der Waals surface area contributed by atoms with Gasteiger partial charge in [0.25, 0.3) is 0 Å². The zero-order chi connectivity index (χ0) is 8.27. The van der Waals surface area contributed by atoms with Gasteiger partial charge in [-0.05, 0) is 22.4 Å². The lowest BCUT2D eigenvalue weighted by atomic mass is 10.2. The van der Waals surface area contributed by atoms with Crippen molar-refractivity contribution < 1.29 is 5.11 Å². The van der Waals surface area contributed by atoms with Gasteiger partial charge in [0.15, 0.2) is 3.92 Å². The Labute approximate surface area is 78.4 Å². The highest BCUT2D eigenvalue weighted by atomic mass is 79.9. The molecule has 2 nitrogen and oxygen atoms in total. The average Bonchev–Trinajstić information content (AvgIpc) is 2.32. The number of aliphatic hydroxyl groups is 1. The molecule has 1 heterocycles. The van der Waals surface area contributed by atoms with Crippen LogP contribution >= 0.6 is 27.3 Å². The molecule has 0 unspecified atom stereocenters. The van der Waals surface area contributed by atoms with Crippen molar-refractivity contribution in [2.75, 3.05) is 0 Å². The predicted molar refractivity (Wildman–Crippen MR) is 49.7 cm³/mol. The molecule has 0 saturated carbocycles. The van der Waals surface area contributed by atoms with Crippen LogP contribution in [-0.2, 0) is 13.0 Å². The minimum Gasteiger partial charge on any atom is -0.391 e. The number of nitrogens with zero attached hydrogens (tertiary/aromatic N) is 1. The Bertz CT molecular complexity index is 236. The van der Waals surface area contributed by atoms with E-state index >= 15 is 0 Å². The minimum atomic E-state index is 0.110. The van der Waals surface area contributed by atoms with Gasteiger partial charge in [-0.15, -0.1) is 11.3 Å². The van der Waals surface area contributed by atoms with E-state index in [0.717, 1.165) is 27.3 Å². The highest BCUT2D eigenvalue weighted by Gasteiger charge is 2.06. The highest BCUT2D eigenvalue weighted by Crippen LogP contribution is 2.23. The second kappa shape index (κ2) is 4.18. The number of aryl methyl sites for hydroxylation is 1. The monoisotopic (exact) mass is 235 g/mol. The normalized spacial score (nSPS) is 10.5. The van der Waals surface area contributed by atoms with E-state index in [2.05, 4.69) is 27.8 Å². The summed E-state index contributed by atoms with van der Waals surface area (Å²) in [6.07, 6.45) is 2.03. The molecule has 0 aliphatic carbocycles. The van der Waals surface area contributed by atoms with Crippen LogP contribution in [0.25, 0.3) is 0 Å². The number of aliphatic hydroxyl groups excluding tert-OH is 1. The number of rotatable bonds is 3. The quantitative estimate of drug-likeness (QED) is 0.873. The maximum absolute atomic E-state index is 8.91. The molecule has 11 heavy (non-hydrogen) atoms. The summed E-state index contributed by atoms with van der Waals surface area (Å²) in [5, 5.41) is 8.91. The molecule has 1 rings (SSSR count). The number of thiazole rings is 1. The second-order valence-corrected chi connectivity index (χ2v) is 4.60. The fourth-order valence-electron chi connectivity index (χ4n) is 0.908. The standard InChI is InChI=1S/C7H10BrNOS/c1-2-3-5-6(4-10)11-7(8)9-5/h10H,2-4H2,1H3. The zero-order valence-electron chi connectivity index (χ0n) is 6.30. The van der Waals surface area contributed by atoms with Crippen molar-refractivity contribution >= 4 is 27.3 Å². The van der Waals surface area contributed by atoms with Gasteiger partial charge in [0.2, 0.25) is 0 Å². The van der Waals surface area contributed by atoms with Crippen LogP contribution in [0.1, 0.15) is 23.9 Å². The first kappa shape index (κ1) is 9.16. The Morgan fingerprint density at radius 3 is 2.91 bits per heavy atom. The van der Waals surface area contributed by atoms with Crippen LogP contribution in [0.4, 0.5) is 0 Å². The fourth-order valence-corrected chi connectivity index (χ4v) is 2.40. The van der Waals surface area contributed by atoms with Crippen molar-refractivity contribution in [2.24, 2.45) is 0 Å². The van der Waals surface area contributed by atoms with Crippen LogP contribution in [0.2, 0.25) is 0 Å². The molecule has 0 fully saturated rings. The van der Waals surface area contributed by atoms with Crippen LogP contribution in [0.3, 0.4) is 0 Å². The van der Waals surface area contributed by atoms with Crippen molar-refractivity contribution in [2.45, 2.75) is 26.4 Å². The molecule has 0 aromatic carbocycles. The van der Waals surface area contributed by atoms with Crippen molar-refractivity contribution in [1.82, 2.24) is 4.98 Å². The lowest BCUT2D eigenvalue weighted by Crippen LogP contribution is -1.89. The van der Waals surface area contributed by atoms with Gasteiger partial charge >= 0.3 is 0 Å². The number of aromatic nitrogens is 1. The van der Waals surface area contributed by atoms with Crippen LogP contribution in [0.5, 0.6) is 0 Å². The minimum absolute atomic E-state index is 0.110. The lowest BCUT2D eigenvalue weighted by Gasteiger charge is -1.93. The summed E-state index contributed by atoms with van der Waals surface area (Å²) in [7, 11) is 0. The molecule has 62 valence electrons. The molecule has 0 spiro atoms. The van der Waals surface area contributed by atoms with Crippen molar-refractivity contribution in [1.29, 1.82) is 0 Å². The molecule has 0 atom stereocenters. The SMILES string of the molecule is CCCc1nc(Br)sc1CO. The van der Waals surface area contributed by atoms with E-state index in [1.54, 1.807) is 0 Å². The van der Waals surface area contributed by atoms with Gasteiger partial charge in [0, 0.05) is 0 Å². The van der Waals surface area contributed by atoms with Gasteiger partial charge < -0.3 is 5.11 Å². The van der Waals surface area contributed by atoms with Gasteiger partial charge in [-0.2, -0.15) is 0 Å². The van der Waals surface area contributed by atoms with Crippen LogP contribution in [0, 0.1) is 0 Å². The number of halogens is 1. The molecule has 1 aromatic rings. The highest BCUT2D eigenvalue weighted by molar-refractivity contribution is 9.11. The molecule has 0 aliphatic heterocycles. The molecular formula is C7H10BrNOS. The van der Waals surface area contributed by atoms with Crippen LogP contribution in [0.15, 0.2) is 3.92 Å². The summed E-state index contributed by atoms with van der Waals surface area (Å²) in [6, 6.07) is 0. The van der Waals surface area contributed by atoms with E-state index in [9.17, 15) is 0 Å². The van der Waals surface area contributed by atoms with E-state index in [0.29, 0.717) is 0 Å². The first-order valence-corrected chi connectivity index (χ1v) is 5.13. The molecule has 0 bridgehead atoms. The lowest BCUT2D eigenvalue weighted by molar-refractivity contribution is 0.284. The van der Waals surface area contributed by atoms with E-state index in [-0.39, 0.29) is 6.61 Å². The molecule has 0 amide bonds. The van der Waals surface area contributed by atoms with Crippen molar-refractivity contribution in [3.63, 3.8) is 0 Å². The topological polar surface area (TPSA) is 33.1 Å². The third kappa shape index (κ3) is 2.25. The van der Waals surface area contributed by atoms with E-state index < -0.39 is 0 Å². The third-order valence-electron chi connectivity index (χ3n) is 1.38. The van der Waals surface area contributed by atoms with Crippen LogP contribution < -0.4 is 0 Å². The summed E-state index contributed by atoms with van der Waals surface area (Å²) >= 11 is 4.80. The summed E-state index contributed by atoms with van der Waals surface area (Å²) in [4.78, 5) is 5.23. The van der Waals surface area contributed by atoms with Gasteiger partial charge in [-0.3, -0.25) is 0 Å². The molecule has 1 N–H and O–H groups in total. The Morgan fingerprint density at radius 2 is 2.36 bits per heavy atom. The molecule has 0 radical (unpaired) electrons. The van der Waals surface area contributed by atoms with Crippen molar-refractivity contribution in [3.05, 3.63) is 14.5 Å². The van der Waals surface area contributed by atoms with E-state index in [4.69, 9.17) is 5.11 Å². The smallest absolute Gasteiger partial charge is 0.159 e. The maximum Gasteiger partial charge on any atom is 0.159 e. The van der Waals surface area contributed by atoms with E-state index in [1.165, 1.54) is 11.3 Å². The number of hydrogen-bond acceptors (Lipinski definition) is 3. The Morgan fingerprint density at radius 1 is 1.64 bits per heavy atom. The first-order chi connectivity index (χ1) is 5.27. The predicted octanol–water partition coefficient (Wildman–Crippen LogP) is 2.35. The molecule has 4 heteroatoms. The Balaban J connectivity index is 2.83. The molecular weight excluding hydrogens is 226 g/mol.